The fourth-order valence-electron chi connectivity index (χ4n) is 5.85. The molecule has 0 bridgehead atoms. The quantitative estimate of drug-likeness (QED) is 0.385. The van der Waals surface area contributed by atoms with Gasteiger partial charge in [0.1, 0.15) is 12.1 Å². The van der Waals surface area contributed by atoms with Crippen LogP contribution in [0.1, 0.15) is 62.6 Å². The number of rotatable bonds is 10. The van der Waals surface area contributed by atoms with Crippen molar-refractivity contribution in [1.29, 1.82) is 0 Å². The molecule has 2 saturated heterocycles. The topological polar surface area (TPSA) is 117 Å². The van der Waals surface area contributed by atoms with E-state index in [-0.39, 0.29) is 35.7 Å². The standard InChI is InChI=1S/C30H41N5O3/c1-3-24(31)28(36)34-27-22(18-19-32-2)14-15-23-16-17-25(35(23)30(27)38)29(37)33-26(20-10-6-4-7-11-20)21-12-8-5-9-13-21/h4-13,22-27,32H,3,14-19,31H2,1-2H3,(H,33,37)(H,34,36)/t22-,23+,24+,25+,27+/m1/s1. The molecule has 0 unspecified atom stereocenters. The number of carbonyl (C=O) groups excluding carboxylic acids is 3. The average molecular weight is 520 g/mol. The first-order chi connectivity index (χ1) is 18.4. The number of hydrogen-bond donors (Lipinski definition) is 4. The van der Waals surface area contributed by atoms with Crippen LogP contribution in [0, 0.1) is 5.92 Å². The van der Waals surface area contributed by atoms with Crippen molar-refractivity contribution in [2.45, 2.75) is 75.7 Å². The number of nitrogens with zero attached hydrogens (tertiary/aromatic N) is 1. The van der Waals surface area contributed by atoms with Gasteiger partial charge in [-0.1, -0.05) is 67.6 Å². The smallest absolute Gasteiger partial charge is 0.246 e. The maximum atomic E-state index is 14.1. The van der Waals surface area contributed by atoms with Crippen LogP contribution in [0.5, 0.6) is 0 Å². The zero-order valence-corrected chi connectivity index (χ0v) is 22.4. The maximum Gasteiger partial charge on any atom is 0.246 e. The van der Waals surface area contributed by atoms with Crippen LogP contribution in [0.3, 0.4) is 0 Å². The molecule has 3 amide bonds. The van der Waals surface area contributed by atoms with Gasteiger partial charge >= 0.3 is 0 Å². The van der Waals surface area contributed by atoms with Crippen LogP contribution in [0.25, 0.3) is 0 Å². The van der Waals surface area contributed by atoms with E-state index in [4.69, 9.17) is 5.73 Å². The van der Waals surface area contributed by atoms with Gasteiger partial charge in [-0.05, 0) is 69.2 Å². The average Bonchev–Trinajstić information content (AvgIpc) is 3.34. The zero-order valence-electron chi connectivity index (χ0n) is 22.4. The Balaban J connectivity index is 1.58. The lowest BCUT2D eigenvalue weighted by Crippen LogP contribution is -2.58. The van der Waals surface area contributed by atoms with E-state index in [0.29, 0.717) is 12.8 Å². The van der Waals surface area contributed by atoms with Crippen molar-refractivity contribution in [2.24, 2.45) is 11.7 Å². The number of benzene rings is 2. The lowest BCUT2D eigenvalue weighted by Gasteiger charge is -2.33. The molecule has 38 heavy (non-hydrogen) atoms. The third-order valence-electron chi connectivity index (χ3n) is 8.06. The van der Waals surface area contributed by atoms with Crippen LogP contribution in [0.15, 0.2) is 60.7 Å². The number of nitrogens with two attached hydrogens (primary N) is 1. The summed E-state index contributed by atoms with van der Waals surface area (Å²) >= 11 is 0. The molecule has 2 fully saturated rings. The Kier molecular flexibility index (Phi) is 9.53. The second-order valence-corrected chi connectivity index (χ2v) is 10.5. The molecule has 0 radical (unpaired) electrons. The molecule has 0 spiro atoms. The van der Waals surface area contributed by atoms with Crippen LogP contribution in [0.2, 0.25) is 0 Å². The highest BCUT2D eigenvalue weighted by molar-refractivity contribution is 5.94. The van der Waals surface area contributed by atoms with Gasteiger partial charge in [0.15, 0.2) is 0 Å². The van der Waals surface area contributed by atoms with Crippen molar-refractivity contribution >= 4 is 17.7 Å². The van der Waals surface area contributed by atoms with Crippen LogP contribution < -0.4 is 21.7 Å². The van der Waals surface area contributed by atoms with Gasteiger partial charge in [-0.25, -0.2) is 0 Å². The van der Waals surface area contributed by atoms with Crippen LogP contribution in [-0.2, 0) is 14.4 Å². The third-order valence-corrected chi connectivity index (χ3v) is 8.06. The van der Waals surface area contributed by atoms with Crippen molar-refractivity contribution in [3.8, 4) is 0 Å². The number of nitrogens with one attached hydrogen (secondary N) is 3. The van der Waals surface area contributed by atoms with E-state index < -0.39 is 18.1 Å². The minimum atomic E-state index is -0.689. The van der Waals surface area contributed by atoms with Gasteiger partial charge in [-0.3, -0.25) is 14.4 Å². The summed E-state index contributed by atoms with van der Waals surface area (Å²) in [6.07, 6.45) is 4.26. The van der Waals surface area contributed by atoms with Crippen molar-refractivity contribution in [1.82, 2.24) is 20.9 Å². The highest BCUT2D eigenvalue weighted by Crippen LogP contribution is 2.35. The van der Waals surface area contributed by atoms with E-state index in [2.05, 4.69) is 16.0 Å². The fraction of sp³-hybridized carbons (Fsp3) is 0.500. The molecular weight excluding hydrogens is 478 g/mol. The predicted molar refractivity (Wildman–Crippen MR) is 148 cm³/mol. The molecule has 0 aliphatic carbocycles. The highest BCUT2D eigenvalue weighted by atomic mass is 16.2. The summed E-state index contributed by atoms with van der Waals surface area (Å²) < 4.78 is 0. The van der Waals surface area contributed by atoms with Gasteiger partial charge in [-0.15, -0.1) is 0 Å². The fourth-order valence-corrected chi connectivity index (χ4v) is 5.85. The summed E-state index contributed by atoms with van der Waals surface area (Å²) in [5.41, 5.74) is 7.96. The molecular formula is C30H41N5O3. The van der Waals surface area contributed by atoms with Gasteiger partial charge in [0.2, 0.25) is 17.7 Å². The molecule has 5 N–H and O–H groups in total. The van der Waals surface area contributed by atoms with Crippen molar-refractivity contribution in [3.63, 3.8) is 0 Å². The van der Waals surface area contributed by atoms with Gasteiger partial charge in [-0.2, -0.15) is 0 Å². The largest absolute Gasteiger partial charge is 0.343 e. The molecule has 8 heteroatoms. The molecule has 4 rings (SSSR count). The van der Waals surface area contributed by atoms with E-state index in [1.165, 1.54) is 0 Å². The molecule has 2 heterocycles. The zero-order chi connectivity index (χ0) is 27.1. The first kappa shape index (κ1) is 27.8. The van der Waals surface area contributed by atoms with Crippen molar-refractivity contribution < 1.29 is 14.4 Å². The summed E-state index contributed by atoms with van der Waals surface area (Å²) in [6, 6.07) is 17.5. The summed E-state index contributed by atoms with van der Waals surface area (Å²) in [7, 11) is 1.88. The van der Waals surface area contributed by atoms with E-state index in [9.17, 15) is 14.4 Å². The van der Waals surface area contributed by atoms with Crippen LogP contribution in [0.4, 0.5) is 0 Å². The summed E-state index contributed by atoms with van der Waals surface area (Å²) in [5.74, 6) is -0.660. The molecule has 204 valence electrons. The molecule has 8 nitrogen and oxygen atoms in total. The van der Waals surface area contributed by atoms with Gasteiger partial charge in [0.05, 0.1) is 12.1 Å². The normalized spacial score (nSPS) is 24.0. The Morgan fingerprint density at radius 1 is 0.974 bits per heavy atom. The second-order valence-electron chi connectivity index (χ2n) is 10.5. The maximum absolute atomic E-state index is 14.1. The molecule has 0 aromatic heterocycles. The number of fused-ring (bicyclic) bond motifs is 1. The monoisotopic (exact) mass is 519 g/mol. The SMILES string of the molecule is CC[C@H](N)C(=O)N[C@@H]1C(=O)N2[C@@H](CC[C@@H]1CCNC)CC[C@H]2C(=O)NC(c1ccccc1)c1ccccc1. The molecule has 2 aromatic rings. The molecule has 0 saturated carbocycles. The van der Waals surface area contributed by atoms with Gasteiger partial charge in [0, 0.05) is 6.04 Å². The summed E-state index contributed by atoms with van der Waals surface area (Å²) in [5, 5.41) is 9.37. The Morgan fingerprint density at radius 3 is 2.16 bits per heavy atom. The molecule has 2 aromatic carbocycles. The number of hydrogen-bond acceptors (Lipinski definition) is 5. The van der Waals surface area contributed by atoms with Crippen molar-refractivity contribution in [2.75, 3.05) is 13.6 Å². The Hall–Kier alpha value is -3.23. The Morgan fingerprint density at radius 2 is 1.58 bits per heavy atom. The van der Waals surface area contributed by atoms with Crippen LogP contribution in [-0.4, -0.2) is 60.4 Å². The third kappa shape index (κ3) is 6.25. The molecule has 2 aliphatic rings. The van der Waals surface area contributed by atoms with E-state index in [1.54, 1.807) is 4.90 Å². The van der Waals surface area contributed by atoms with Crippen LogP contribution >= 0.6 is 0 Å². The Labute approximate surface area is 225 Å². The van der Waals surface area contributed by atoms with E-state index in [1.807, 2.05) is 74.6 Å². The first-order valence-corrected chi connectivity index (χ1v) is 13.9. The lowest BCUT2D eigenvalue weighted by atomic mass is 9.90. The lowest BCUT2D eigenvalue weighted by molar-refractivity contribution is -0.143. The summed E-state index contributed by atoms with van der Waals surface area (Å²) in [6.45, 7) is 2.60. The predicted octanol–water partition coefficient (Wildman–Crippen LogP) is 2.49. The second kappa shape index (κ2) is 13.0. The Bertz CT molecular complexity index is 1040. The minimum Gasteiger partial charge on any atom is -0.343 e. The van der Waals surface area contributed by atoms with Gasteiger partial charge < -0.3 is 26.6 Å². The van der Waals surface area contributed by atoms with E-state index >= 15 is 0 Å². The first-order valence-electron chi connectivity index (χ1n) is 13.9. The number of amides is 3. The minimum absolute atomic E-state index is 0.0102. The van der Waals surface area contributed by atoms with Crippen molar-refractivity contribution in [3.05, 3.63) is 71.8 Å². The van der Waals surface area contributed by atoms with Gasteiger partial charge in [0.25, 0.3) is 0 Å². The highest BCUT2D eigenvalue weighted by Gasteiger charge is 2.47. The molecule has 2 aliphatic heterocycles. The molecule has 5 atom stereocenters. The van der Waals surface area contributed by atoms with E-state index in [0.717, 1.165) is 43.4 Å². The summed E-state index contributed by atoms with van der Waals surface area (Å²) in [4.78, 5) is 42.4. The number of carbonyl (C=O) groups is 3.